The molecular weight excluding hydrogens is 196 g/mol. The van der Waals surface area contributed by atoms with Crippen molar-refractivity contribution in [3.05, 3.63) is 0 Å². The summed E-state index contributed by atoms with van der Waals surface area (Å²) in [5, 5.41) is 3.94. The van der Waals surface area contributed by atoms with E-state index in [2.05, 4.69) is 10.2 Å². The van der Waals surface area contributed by atoms with Crippen molar-refractivity contribution in [2.75, 3.05) is 13.1 Å². The van der Waals surface area contributed by atoms with Crippen LogP contribution in [0.2, 0.25) is 0 Å². The maximum atomic E-state index is 3.94. The molecule has 2 heterocycles. The molecule has 2 heteroatoms. The SMILES string of the molecule is C1CCC(NC2CCN3CCCC3C2)CC1. The van der Waals surface area contributed by atoms with Gasteiger partial charge in [-0.1, -0.05) is 19.3 Å². The van der Waals surface area contributed by atoms with Gasteiger partial charge in [-0.05, 0) is 51.6 Å². The Hall–Kier alpha value is -0.0800. The third-order valence-electron chi connectivity index (χ3n) is 4.90. The van der Waals surface area contributed by atoms with Crippen molar-refractivity contribution >= 4 is 0 Å². The van der Waals surface area contributed by atoms with Crippen LogP contribution in [-0.2, 0) is 0 Å². The smallest absolute Gasteiger partial charge is 0.0111 e. The molecule has 2 saturated heterocycles. The average molecular weight is 222 g/mol. The maximum Gasteiger partial charge on any atom is 0.0111 e. The number of fused-ring (bicyclic) bond motifs is 1. The predicted molar refractivity (Wildman–Crippen MR) is 67.6 cm³/mol. The first-order valence-corrected chi connectivity index (χ1v) is 7.42. The number of hydrogen-bond donors (Lipinski definition) is 1. The highest BCUT2D eigenvalue weighted by atomic mass is 15.2. The largest absolute Gasteiger partial charge is 0.311 e. The van der Waals surface area contributed by atoms with Gasteiger partial charge in [0.15, 0.2) is 0 Å². The molecule has 3 fully saturated rings. The van der Waals surface area contributed by atoms with E-state index in [1.54, 1.807) is 0 Å². The van der Waals surface area contributed by atoms with Gasteiger partial charge in [0.25, 0.3) is 0 Å². The summed E-state index contributed by atoms with van der Waals surface area (Å²) in [5.74, 6) is 0. The standard InChI is InChI=1S/C14H26N2/c1-2-5-12(6-3-1)15-13-8-10-16-9-4-7-14(16)11-13/h12-15H,1-11H2. The average Bonchev–Trinajstić information content (AvgIpc) is 2.77. The Kier molecular flexibility index (Phi) is 3.49. The van der Waals surface area contributed by atoms with Gasteiger partial charge in [-0.3, -0.25) is 0 Å². The van der Waals surface area contributed by atoms with Crippen LogP contribution in [0, 0.1) is 0 Å². The van der Waals surface area contributed by atoms with Crippen LogP contribution in [0.25, 0.3) is 0 Å². The molecule has 0 amide bonds. The molecule has 2 atom stereocenters. The van der Waals surface area contributed by atoms with Gasteiger partial charge in [-0.2, -0.15) is 0 Å². The molecule has 2 unspecified atom stereocenters. The van der Waals surface area contributed by atoms with Gasteiger partial charge in [0.2, 0.25) is 0 Å². The van der Waals surface area contributed by atoms with E-state index in [1.165, 1.54) is 70.9 Å². The van der Waals surface area contributed by atoms with Crippen LogP contribution in [0.5, 0.6) is 0 Å². The van der Waals surface area contributed by atoms with Gasteiger partial charge < -0.3 is 10.2 Å². The minimum atomic E-state index is 0.836. The van der Waals surface area contributed by atoms with E-state index in [1.807, 2.05) is 0 Å². The predicted octanol–water partition coefficient (Wildman–Crippen LogP) is 2.54. The van der Waals surface area contributed by atoms with Gasteiger partial charge in [-0.15, -0.1) is 0 Å². The van der Waals surface area contributed by atoms with Crippen molar-refractivity contribution in [2.24, 2.45) is 0 Å². The Balaban J connectivity index is 1.48. The molecule has 0 spiro atoms. The number of nitrogens with one attached hydrogen (secondary N) is 1. The Morgan fingerprint density at radius 1 is 0.750 bits per heavy atom. The molecule has 0 radical (unpaired) electrons. The van der Waals surface area contributed by atoms with E-state index in [-0.39, 0.29) is 0 Å². The van der Waals surface area contributed by atoms with E-state index in [0.29, 0.717) is 0 Å². The van der Waals surface area contributed by atoms with Gasteiger partial charge in [-0.25, -0.2) is 0 Å². The lowest BCUT2D eigenvalue weighted by atomic mass is 9.92. The van der Waals surface area contributed by atoms with E-state index < -0.39 is 0 Å². The summed E-state index contributed by atoms with van der Waals surface area (Å²) in [6.07, 6.45) is 13.0. The second kappa shape index (κ2) is 5.05. The Labute approximate surface area is 99.8 Å². The highest BCUT2D eigenvalue weighted by Gasteiger charge is 2.32. The fourth-order valence-corrected chi connectivity index (χ4v) is 3.98. The van der Waals surface area contributed by atoms with Crippen LogP contribution < -0.4 is 5.32 Å². The lowest BCUT2D eigenvalue weighted by Gasteiger charge is -2.37. The first-order valence-electron chi connectivity index (χ1n) is 7.42. The quantitative estimate of drug-likeness (QED) is 0.772. The first kappa shape index (κ1) is 11.0. The highest BCUT2D eigenvalue weighted by Crippen LogP contribution is 2.28. The van der Waals surface area contributed by atoms with E-state index >= 15 is 0 Å². The fourth-order valence-electron chi connectivity index (χ4n) is 3.98. The van der Waals surface area contributed by atoms with Gasteiger partial charge >= 0.3 is 0 Å². The summed E-state index contributed by atoms with van der Waals surface area (Å²) in [6.45, 7) is 2.73. The summed E-state index contributed by atoms with van der Waals surface area (Å²) in [6, 6.07) is 2.61. The molecule has 2 nitrogen and oxygen atoms in total. The van der Waals surface area contributed by atoms with Crippen LogP contribution in [0.3, 0.4) is 0 Å². The lowest BCUT2D eigenvalue weighted by molar-refractivity contribution is 0.156. The van der Waals surface area contributed by atoms with Crippen molar-refractivity contribution in [1.29, 1.82) is 0 Å². The monoisotopic (exact) mass is 222 g/mol. The fraction of sp³-hybridized carbons (Fsp3) is 1.00. The number of piperidine rings is 1. The van der Waals surface area contributed by atoms with Crippen molar-refractivity contribution in [3.8, 4) is 0 Å². The molecule has 2 aliphatic heterocycles. The summed E-state index contributed by atoms with van der Waals surface area (Å²) >= 11 is 0. The van der Waals surface area contributed by atoms with E-state index in [0.717, 1.165) is 18.1 Å². The molecule has 92 valence electrons. The molecule has 0 aromatic rings. The number of rotatable bonds is 2. The third-order valence-corrected chi connectivity index (χ3v) is 4.90. The second-order valence-corrected chi connectivity index (χ2v) is 6.05. The zero-order valence-electron chi connectivity index (χ0n) is 10.5. The zero-order chi connectivity index (χ0) is 10.8. The molecule has 16 heavy (non-hydrogen) atoms. The van der Waals surface area contributed by atoms with Crippen molar-refractivity contribution < 1.29 is 0 Å². The Bertz CT molecular complexity index is 223. The minimum Gasteiger partial charge on any atom is -0.311 e. The summed E-state index contributed by atoms with van der Waals surface area (Å²) in [5.41, 5.74) is 0. The normalized spacial score (nSPS) is 37.5. The molecule has 3 aliphatic rings. The number of nitrogens with zero attached hydrogens (tertiary/aromatic N) is 1. The molecule has 3 rings (SSSR count). The van der Waals surface area contributed by atoms with Crippen molar-refractivity contribution in [1.82, 2.24) is 10.2 Å². The molecule has 1 aliphatic carbocycles. The van der Waals surface area contributed by atoms with E-state index in [4.69, 9.17) is 0 Å². The number of hydrogen-bond acceptors (Lipinski definition) is 2. The summed E-state index contributed by atoms with van der Waals surface area (Å²) in [7, 11) is 0. The topological polar surface area (TPSA) is 15.3 Å². The summed E-state index contributed by atoms with van der Waals surface area (Å²) in [4.78, 5) is 2.72. The Morgan fingerprint density at radius 3 is 2.50 bits per heavy atom. The Morgan fingerprint density at radius 2 is 1.62 bits per heavy atom. The molecule has 1 N–H and O–H groups in total. The molecule has 1 saturated carbocycles. The zero-order valence-corrected chi connectivity index (χ0v) is 10.5. The maximum absolute atomic E-state index is 3.94. The van der Waals surface area contributed by atoms with Crippen LogP contribution in [-0.4, -0.2) is 36.1 Å². The minimum absolute atomic E-state index is 0.836. The molecule has 0 bridgehead atoms. The van der Waals surface area contributed by atoms with Crippen LogP contribution in [0.1, 0.15) is 57.8 Å². The van der Waals surface area contributed by atoms with Gasteiger partial charge in [0, 0.05) is 18.1 Å². The van der Waals surface area contributed by atoms with Crippen molar-refractivity contribution in [2.45, 2.75) is 75.9 Å². The third kappa shape index (κ3) is 2.43. The van der Waals surface area contributed by atoms with Crippen LogP contribution >= 0.6 is 0 Å². The molecular formula is C14H26N2. The molecule has 0 aromatic carbocycles. The first-order chi connectivity index (χ1) is 7.92. The second-order valence-electron chi connectivity index (χ2n) is 6.05. The van der Waals surface area contributed by atoms with Gasteiger partial charge in [0.05, 0.1) is 0 Å². The van der Waals surface area contributed by atoms with Gasteiger partial charge in [0.1, 0.15) is 0 Å². The van der Waals surface area contributed by atoms with E-state index in [9.17, 15) is 0 Å². The van der Waals surface area contributed by atoms with Crippen LogP contribution in [0.15, 0.2) is 0 Å². The highest BCUT2D eigenvalue weighted by molar-refractivity contribution is 4.90. The summed E-state index contributed by atoms with van der Waals surface area (Å²) < 4.78 is 0. The van der Waals surface area contributed by atoms with Crippen LogP contribution in [0.4, 0.5) is 0 Å². The van der Waals surface area contributed by atoms with Crippen molar-refractivity contribution in [3.63, 3.8) is 0 Å². The molecule has 0 aromatic heterocycles. The lowest BCUT2D eigenvalue weighted by Crippen LogP contribution is -2.49.